The van der Waals surface area contributed by atoms with Crippen LogP contribution in [0.15, 0.2) is 88.8 Å². The van der Waals surface area contributed by atoms with Crippen molar-refractivity contribution in [2.45, 2.75) is 23.1 Å². The van der Waals surface area contributed by atoms with E-state index in [9.17, 15) is 19.1 Å². The van der Waals surface area contributed by atoms with Crippen LogP contribution < -0.4 is 9.64 Å². The van der Waals surface area contributed by atoms with Gasteiger partial charge in [0.2, 0.25) is 5.13 Å². The van der Waals surface area contributed by atoms with Crippen molar-refractivity contribution in [1.82, 2.24) is 10.2 Å². The molecule has 0 saturated carbocycles. The molecule has 3 aromatic carbocycles. The molecule has 1 N–H and O–H groups in total. The molecule has 10 heteroatoms. The summed E-state index contributed by atoms with van der Waals surface area (Å²) in [6.07, 6.45) is 0. The minimum atomic E-state index is -0.903. The Labute approximate surface area is 226 Å². The van der Waals surface area contributed by atoms with E-state index in [4.69, 9.17) is 4.74 Å². The lowest BCUT2D eigenvalue weighted by atomic mass is 9.95. The third-order valence-corrected chi connectivity index (χ3v) is 8.01. The smallest absolute Gasteiger partial charge is 0.301 e. The number of halogens is 1. The first-order chi connectivity index (χ1) is 18.5. The fourth-order valence-electron chi connectivity index (χ4n) is 4.12. The van der Waals surface area contributed by atoms with Crippen LogP contribution in [0.4, 0.5) is 9.52 Å². The summed E-state index contributed by atoms with van der Waals surface area (Å²) in [6.45, 7) is 2.36. The molecular weight excluding hydrogens is 525 g/mol. The third-order valence-electron chi connectivity index (χ3n) is 5.91. The van der Waals surface area contributed by atoms with Crippen molar-refractivity contribution in [3.8, 4) is 5.75 Å². The van der Waals surface area contributed by atoms with E-state index in [0.29, 0.717) is 39.1 Å². The van der Waals surface area contributed by atoms with Crippen LogP contribution in [0.1, 0.15) is 29.7 Å². The zero-order chi connectivity index (χ0) is 26.6. The van der Waals surface area contributed by atoms with Gasteiger partial charge in [0.25, 0.3) is 5.78 Å². The fraction of sp³-hybridized carbons (Fsp3) is 0.143. The number of anilines is 1. The number of Topliss-reactive ketones (excluding diaryl/α,β-unsaturated/α-hetero) is 1. The van der Waals surface area contributed by atoms with Crippen LogP contribution in [0.25, 0.3) is 5.76 Å². The molecule has 2 heterocycles. The van der Waals surface area contributed by atoms with Crippen molar-refractivity contribution < 1.29 is 23.8 Å². The number of carbonyl (C=O) groups is 2. The quantitative estimate of drug-likeness (QED) is 0.0952. The lowest BCUT2D eigenvalue weighted by Crippen LogP contribution is -2.29. The van der Waals surface area contributed by atoms with Crippen LogP contribution in [0.3, 0.4) is 0 Å². The summed E-state index contributed by atoms with van der Waals surface area (Å²) < 4.78 is 20.0. The molecule has 192 valence electrons. The van der Waals surface area contributed by atoms with Crippen LogP contribution >= 0.6 is 23.1 Å². The number of thioether (sulfide) groups is 1. The number of aromatic nitrogens is 2. The van der Waals surface area contributed by atoms with E-state index >= 15 is 0 Å². The number of hydrogen-bond acceptors (Lipinski definition) is 8. The molecule has 1 aromatic heterocycles. The molecule has 0 aliphatic carbocycles. The van der Waals surface area contributed by atoms with Gasteiger partial charge in [-0.1, -0.05) is 71.6 Å². The highest BCUT2D eigenvalue weighted by atomic mass is 32.2. The molecule has 0 spiro atoms. The number of hydrogen-bond donors (Lipinski definition) is 1. The average Bonchev–Trinajstić information content (AvgIpc) is 3.51. The van der Waals surface area contributed by atoms with Crippen LogP contribution in [0.5, 0.6) is 5.75 Å². The molecule has 1 amide bonds. The van der Waals surface area contributed by atoms with E-state index < -0.39 is 17.7 Å². The Hall–Kier alpha value is -4.02. The molecule has 0 radical (unpaired) electrons. The number of amides is 1. The fourth-order valence-corrected chi connectivity index (χ4v) is 5.98. The van der Waals surface area contributed by atoms with Crippen LogP contribution in [-0.2, 0) is 15.3 Å². The SMILES string of the molecule is CCOc1ccc(/C(O)=C2/C(=O)C(=O)N(c3nnc(SCc4ccccc4F)s3)C2c2ccccc2)cc1. The standard InChI is InChI=1S/C28H22FN3O4S2/c1-2-36-20-14-12-18(13-15-20)24(33)22-23(17-8-4-3-5-9-17)32(26(35)25(22)34)27-30-31-28(38-27)37-16-19-10-6-7-11-21(19)29/h3-15,23,33H,2,16H2,1H3/b24-22-. The molecule has 1 saturated heterocycles. The van der Waals surface area contributed by atoms with E-state index in [-0.39, 0.29) is 22.3 Å². The zero-order valence-corrected chi connectivity index (χ0v) is 21.8. The van der Waals surface area contributed by atoms with Crippen LogP contribution in [0.2, 0.25) is 0 Å². The molecule has 38 heavy (non-hydrogen) atoms. The molecule has 1 unspecified atom stereocenters. The number of ether oxygens (including phenoxy) is 1. The first-order valence-electron chi connectivity index (χ1n) is 11.8. The second-order valence-corrected chi connectivity index (χ2v) is 10.4. The Morgan fingerprint density at radius 2 is 1.74 bits per heavy atom. The summed E-state index contributed by atoms with van der Waals surface area (Å²) in [5, 5.41) is 19.8. The summed E-state index contributed by atoms with van der Waals surface area (Å²) in [6, 6.07) is 21.2. The predicted molar refractivity (Wildman–Crippen MR) is 145 cm³/mol. The predicted octanol–water partition coefficient (Wildman–Crippen LogP) is 5.99. The van der Waals surface area contributed by atoms with Gasteiger partial charge >= 0.3 is 5.91 Å². The maximum atomic E-state index is 14.0. The molecule has 0 bridgehead atoms. The molecule has 7 nitrogen and oxygen atoms in total. The van der Waals surface area contributed by atoms with Gasteiger partial charge in [-0.25, -0.2) is 4.39 Å². The number of carbonyl (C=O) groups excluding carboxylic acids is 2. The van der Waals surface area contributed by atoms with Crippen LogP contribution in [0, 0.1) is 5.82 Å². The van der Waals surface area contributed by atoms with Crippen molar-refractivity contribution in [1.29, 1.82) is 0 Å². The first kappa shape index (κ1) is 25.6. The summed E-state index contributed by atoms with van der Waals surface area (Å²) >= 11 is 2.41. The van der Waals surface area contributed by atoms with Gasteiger partial charge in [0.05, 0.1) is 18.2 Å². The van der Waals surface area contributed by atoms with Gasteiger partial charge in [0.15, 0.2) is 4.34 Å². The zero-order valence-electron chi connectivity index (χ0n) is 20.2. The molecular formula is C28H22FN3O4S2. The highest BCUT2D eigenvalue weighted by Gasteiger charge is 2.48. The molecule has 4 aromatic rings. The monoisotopic (exact) mass is 547 g/mol. The number of benzene rings is 3. The van der Waals surface area contributed by atoms with E-state index in [1.54, 1.807) is 66.7 Å². The maximum absolute atomic E-state index is 14.0. The topological polar surface area (TPSA) is 92.6 Å². The number of nitrogens with zero attached hydrogens (tertiary/aromatic N) is 3. The van der Waals surface area contributed by atoms with Gasteiger partial charge in [0, 0.05) is 11.3 Å². The van der Waals surface area contributed by atoms with Gasteiger partial charge in [0.1, 0.15) is 17.3 Å². The Balaban J connectivity index is 1.51. The van der Waals surface area contributed by atoms with Gasteiger partial charge in [-0.15, -0.1) is 10.2 Å². The summed E-state index contributed by atoms with van der Waals surface area (Å²) in [5.41, 5.74) is 1.50. The van der Waals surface area contributed by atoms with Crippen molar-refractivity contribution in [2.75, 3.05) is 11.5 Å². The summed E-state index contributed by atoms with van der Waals surface area (Å²) in [5.74, 6) is -1.28. The van der Waals surface area contributed by atoms with Crippen molar-refractivity contribution in [2.24, 2.45) is 0 Å². The van der Waals surface area contributed by atoms with Crippen molar-refractivity contribution >= 4 is 45.7 Å². The number of aliphatic hydroxyl groups excluding tert-OH is 1. The summed E-state index contributed by atoms with van der Waals surface area (Å²) in [7, 11) is 0. The van der Waals surface area contributed by atoms with Crippen molar-refractivity contribution in [3.05, 3.63) is 107 Å². The van der Waals surface area contributed by atoms with E-state index in [0.717, 1.165) is 11.3 Å². The van der Waals surface area contributed by atoms with Crippen LogP contribution in [-0.4, -0.2) is 33.6 Å². The molecule has 1 aliphatic rings. The lowest BCUT2D eigenvalue weighted by molar-refractivity contribution is -0.132. The van der Waals surface area contributed by atoms with Gasteiger partial charge < -0.3 is 9.84 Å². The van der Waals surface area contributed by atoms with Gasteiger partial charge in [-0.2, -0.15) is 0 Å². The Kier molecular flexibility index (Phi) is 7.52. The Morgan fingerprint density at radius 1 is 1.03 bits per heavy atom. The average molecular weight is 548 g/mol. The van der Waals surface area contributed by atoms with Crippen molar-refractivity contribution in [3.63, 3.8) is 0 Å². The molecule has 1 aliphatic heterocycles. The lowest BCUT2D eigenvalue weighted by Gasteiger charge is -2.22. The minimum absolute atomic E-state index is 0.0406. The summed E-state index contributed by atoms with van der Waals surface area (Å²) in [4.78, 5) is 27.9. The third kappa shape index (κ3) is 5.05. The second kappa shape index (κ2) is 11.2. The largest absolute Gasteiger partial charge is 0.507 e. The number of rotatable bonds is 8. The Bertz CT molecular complexity index is 1510. The van der Waals surface area contributed by atoms with E-state index in [2.05, 4.69) is 10.2 Å². The second-order valence-electron chi connectivity index (χ2n) is 8.27. The molecule has 1 atom stereocenters. The van der Waals surface area contributed by atoms with Gasteiger partial charge in [-0.3, -0.25) is 14.5 Å². The molecule has 5 rings (SSSR count). The normalized spacial score (nSPS) is 16.7. The highest BCUT2D eigenvalue weighted by Crippen LogP contribution is 2.44. The highest BCUT2D eigenvalue weighted by molar-refractivity contribution is 8.00. The van der Waals surface area contributed by atoms with E-state index in [1.165, 1.54) is 22.7 Å². The van der Waals surface area contributed by atoms with Gasteiger partial charge in [-0.05, 0) is 48.4 Å². The Morgan fingerprint density at radius 3 is 2.45 bits per heavy atom. The number of aliphatic hydroxyl groups is 1. The molecule has 1 fully saturated rings. The first-order valence-corrected chi connectivity index (χ1v) is 13.6. The number of ketones is 1. The maximum Gasteiger partial charge on any atom is 0.301 e. The minimum Gasteiger partial charge on any atom is -0.507 e. The van der Waals surface area contributed by atoms with E-state index in [1.807, 2.05) is 13.0 Å².